The van der Waals surface area contributed by atoms with Crippen molar-refractivity contribution in [3.63, 3.8) is 0 Å². The van der Waals surface area contributed by atoms with Crippen LogP contribution >= 0.6 is 11.3 Å². The zero-order valence-corrected chi connectivity index (χ0v) is 16.5. The van der Waals surface area contributed by atoms with Crippen molar-refractivity contribution in [3.8, 4) is 0 Å². The minimum Gasteiger partial charge on any atom is -0.328 e. The summed E-state index contributed by atoms with van der Waals surface area (Å²) in [5.41, 5.74) is 0.880. The van der Waals surface area contributed by atoms with Crippen molar-refractivity contribution in [2.45, 2.75) is 67.0 Å². The highest BCUT2D eigenvalue weighted by Gasteiger charge is 2.22. The topological polar surface area (TPSA) is 62.3 Å². The van der Waals surface area contributed by atoms with E-state index in [0.717, 1.165) is 10.7 Å². The lowest BCUT2D eigenvalue weighted by atomic mass is 10.0. The van der Waals surface area contributed by atoms with Gasteiger partial charge < -0.3 is 10.2 Å². The second-order valence-corrected chi connectivity index (χ2v) is 6.86. The maximum atomic E-state index is 12.1. The summed E-state index contributed by atoms with van der Waals surface area (Å²) in [6, 6.07) is -0.690. The van der Waals surface area contributed by atoms with Crippen LogP contribution in [0.15, 0.2) is 5.38 Å². The summed E-state index contributed by atoms with van der Waals surface area (Å²) in [4.78, 5) is 29.7. The van der Waals surface area contributed by atoms with Crippen LogP contribution in [0.5, 0.6) is 0 Å². The van der Waals surface area contributed by atoms with E-state index in [9.17, 15) is 9.59 Å². The minimum absolute atomic E-state index is 0.0255. The lowest BCUT2D eigenvalue weighted by Gasteiger charge is -2.23. The van der Waals surface area contributed by atoms with Gasteiger partial charge in [-0.25, -0.2) is 9.78 Å². The van der Waals surface area contributed by atoms with E-state index in [-0.39, 0.29) is 17.7 Å². The maximum absolute atomic E-state index is 12.1. The Morgan fingerprint density at radius 3 is 2.22 bits per heavy atom. The number of aromatic nitrogens is 1. The third kappa shape index (κ3) is 7.12. The maximum Gasteiger partial charge on any atom is 0.318 e. The predicted molar refractivity (Wildman–Crippen MR) is 96.9 cm³/mol. The van der Waals surface area contributed by atoms with E-state index in [1.165, 1.54) is 6.92 Å². The number of rotatable bonds is 6. The van der Waals surface area contributed by atoms with E-state index in [1.54, 1.807) is 23.3 Å². The first-order chi connectivity index (χ1) is 10.7. The van der Waals surface area contributed by atoms with Gasteiger partial charge in [-0.15, -0.1) is 11.3 Å². The monoisotopic (exact) mass is 341 g/mol. The number of nitrogens with one attached hydrogen (secondary N) is 1. The summed E-state index contributed by atoms with van der Waals surface area (Å²) in [5, 5.41) is 5.83. The molecule has 1 heterocycles. The van der Waals surface area contributed by atoms with Crippen LogP contribution < -0.4 is 5.32 Å². The van der Waals surface area contributed by atoms with E-state index in [1.807, 2.05) is 33.1 Å². The number of nitrogens with zero attached hydrogens (tertiary/aromatic N) is 2. The van der Waals surface area contributed by atoms with Gasteiger partial charge in [0.1, 0.15) is 0 Å². The Morgan fingerprint density at radius 2 is 1.83 bits per heavy atom. The molecule has 5 nitrogen and oxygen atoms in total. The van der Waals surface area contributed by atoms with Crippen LogP contribution in [-0.4, -0.2) is 34.8 Å². The number of amides is 2. The van der Waals surface area contributed by atoms with Gasteiger partial charge in [-0.1, -0.05) is 41.5 Å². The fraction of sp³-hybridized carbons (Fsp3) is 0.706. The third-order valence-corrected chi connectivity index (χ3v) is 4.39. The Bertz CT molecular complexity index is 498. The standard InChI is InChI=1S/C15H25N3O2S.C2H6/c1-9(2)13(11(5)19)17-15(20)18(6)7-12-8-21-14(16-12)10(3)4;1-2/h8-10,13H,7H2,1-6H3,(H,17,20);1-2H3. The van der Waals surface area contributed by atoms with E-state index in [0.29, 0.717) is 12.5 Å². The van der Waals surface area contributed by atoms with Crippen LogP contribution in [0.4, 0.5) is 4.79 Å². The molecule has 0 aliphatic rings. The number of urea groups is 1. The zero-order chi connectivity index (χ0) is 18.2. The Labute approximate surface area is 144 Å². The molecule has 6 heteroatoms. The van der Waals surface area contributed by atoms with Gasteiger partial charge in [0, 0.05) is 18.3 Å². The molecular formula is C17H31N3O2S. The van der Waals surface area contributed by atoms with Gasteiger partial charge in [0.05, 0.1) is 23.3 Å². The van der Waals surface area contributed by atoms with Crippen LogP contribution in [0.3, 0.4) is 0 Å². The molecule has 0 aromatic carbocycles. The van der Waals surface area contributed by atoms with Crippen molar-refractivity contribution < 1.29 is 9.59 Å². The first kappa shape index (κ1) is 21.6. The van der Waals surface area contributed by atoms with Crippen LogP contribution in [0.2, 0.25) is 0 Å². The molecule has 1 N–H and O–H groups in total. The number of ketones is 1. The number of carbonyl (C=O) groups excluding carboxylic acids is 2. The lowest BCUT2D eigenvalue weighted by Crippen LogP contribution is -2.48. The largest absolute Gasteiger partial charge is 0.328 e. The molecule has 1 unspecified atom stereocenters. The van der Waals surface area contributed by atoms with E-state index in [4.69, 9.17) is 0 Å². The Hall–Kier alpha value is -1.43. The molecule has 0 fully saturated rings. The highest BCUT2D eigenvalue weighted by Crippen LogP contribution is 2.19. The second kappa shape index (κ2) is 10.4. The Morgan fingerprint density at radius 1 is 1.26 bits per heavy atom. The zero-order valence-electron chi connectivity index (χ0n) is 15.6. The van der Waals surface area contributed by atoms with Crippen molar-refractivity contribution in [1.82, 2.24) is 15.2 Å². The molecule has 23 heavy (non-hydrogen) atoms. The summed E-state index contributed by atoms with van der Waals surface area (Å²) < 4.78 is 0. The highest BCUT2D eigenvalue weighted by atomic mass is 32.1. The number of thiazole rings is 1. The van der Waals surface area contributed by atoms with Crippen molar-refractivity contribution in [2.24, 2.45) is 5.92 Å². The fourth-order valence-electron chi connectivity index (χ4n) is 1.96. The molecule has 2 amide bonds. The number of Topliss-reactive ketones (excluding diaryl/α,β-unsaturated/α-hetero) is 1. The molecule has 132 valence electrons. The van der Waals surface area contributed by atoms with Crippen LogP contribution in [0.25, 0.3) is 0 Å². The van der Waals surface area contributed by atoms with Crippen LogP contribution in [-0.2, 0) is 11.3 Å². The van der Waals surface area contributed by atoms with Crippen LogP contribution in [0, 0.1) is 5.92 Å². The molecule has 0 saturated heterocycles. The van der Waals surface area contributed by atoms with Crippen molar-refractivity contribution in [2.75, 3.05) is 7.05 Å². The molecular weight excluding hydrogens is 310 g/mol. The van der Waals surface area contributed by atoms with Crippen molar-refractivity contribution in [1.29, 1.82) is 0 Å². The lowest BCUT2D eigenvalue weighted by molar-refractivity contribution is -0.119. The smallest absolute Gasteiger partial charge is 0.318 e. The van der Waals surface area contributed by atoms with E-state index in [2.05, 4.69) is 24.1 Å². The molecule has 0 aliphatic carbocycles. The normalized spacial score (nSPS) is 11.7. The van der Waals surface area contributed by atoms with Gasteiger partial charge in [0.2, 0.25) is 0 Å². The number of hydrogen-bond donors (Lipinski definition) is 1. The predicted octanol–water partition coefficient (Wildman–Crippen LogP) is 4.05. The summed E-state index contributed by atoms with van der Waals surface area (Å²) in [7, 11) is 1.71. The van der Waals surface area contributed by atoms with Gasteiger partial charge in [0.15, 0.2) is 5.78 Å². The Balaban J connectivity index is 0.00000232. The molecule has 0 radical (unpaired) electrons. The van der Waals surface area contributed by atoms with E-state index < -0.39 is 6.04 Å². The number of hydrogen-bond acceptors (Lipinski definition) is 4. The van der Waals surface area contributed by atoms with Gasteiger partial charge >= 0.3 is 6.03 Å². The third-order valence-electron chi connectivity index (χ3n) is 3.19. The average Bonchev–Trinajstić information content (AvgIpc) is 2.94. The Kier molecular flexibility index (Phi) is 9.72. The summed E-state index contributed by atoms with van der Waals surface area (Å²) in [6.45, 7) is 14.0. The first-order valence-corrected chi connectivity index (χ1v) is 9.06. The SMILES string of the molecule is CC.CC(=O)C(NC(=O)N(C)Cc1csc(C(C)C)n1)C(C)C. The first-order valence-electron chi connectivity index (χ1n) is 8.18. The van der Waals surface area contributed by atoms with E-state index >= 15 is 0 Å². The molecule has 1 aromatic rings. The van der Waals surface area contributed by atoms with Gasteiger partial charge in [-0.2, -0.15) is 0 Å². The van der Waals surface area contributed by atoms with Crippen molar-refractivity contribution >= 4 is 23.2 Å². The molecule has 0 bridgehead atoms. The molecule has 1 atom stereocenters. The molecule has 0 aliphatic heterocycles. The summed E-state index contributed by atoms with van der Waals surface area (Å²) >= 11 is 1.61. The quantitative estimate of drug-likeness (QED) is 0.849. The van der Waals surface area contributed by atoms with Crippen molar-refractivity contribution in [3.05, 3.63) is 16.1 Å². The molecule has 0 spiro atoms. The molecule has 1 rings (SSSR count). The average molecular weight is 342 g/mol. The van der Waals surface area contributed by atoms with Crippen LogP contribution in [0.1, 0.15) is 65.1 Å². The summed E-state index contributed by atoms with van der Waals surface area (Å²) in [6.07, 6.45) is 0. The highest BCUT2D eigenvalue weighted by molar-refractivity contribution is 7.09. The van der Waals surface area contributed by atoms with Gasteiger partial charge in [-0.3, -0.25) is 4.79 Å². The molecule has 1 aromatic heterocycles. The fourth-order valence-corrected chi connectivity index (χ4v) is 2.78. The summed E-state index contributed by atoms with van der Waals surface area (Å²) in [5.74, 6) is 0.445. The second-order valence-electron chi connectivity index (χ2n) is 5.97. The minimum atomic E-state index is -0.443. The van der Waals surface area contributed by atoms with Gasteiger partial charge in [-0.05, 0) is 12.8 Å². The number of carbonyl (C=O) groups is 2. The molecule has 0 saturated carbocycles. The van der Waals surface area contributed by atoms with Gasteiger partial charge in [0.25, 0.3) is 0 Å².